The predicted molar refractivity (Wildman–Crippen MR) is 69.8 cm³/mol. The molecule has 92 valence electrons. The van der Waals surface area contributed by atoms with Crippen LogP contribution in [0.15, 0.2) is 24.3 Å². The van der Waals surface area contributed by atoms with Gasteiger partial charge in [-0.1, -0.05) is 18.2 Å². The molecule has 0 saturated carbocycles. The summed E-state index contributed by atoms with van der Waals surface area (Å²) in [5.41, 5.74) is 7.52. The van der Waals surface area contributed by atoms with Gasteiger partial charge >= 0.3 is 5.97 Å². The Balaban J connectivity index is 2.90. The van der Waals surface area contributed by atoms with Crippen LogP contribution in [0.2, 0.25) is 0 Å². The molecule has 0 aliphatic rings. The Hall–Kier alpha value is -1.81. The summed E-state index contributed by atoms with van der Waals surface area (Å²) in [7, 11) is 1.87. The summed E-state index contributed by atoms with van der Waals surface area (Å²) in [5, 5.41) is 3.00. The van der Waals surface area contributed by atoms with E-state index < -0.39 is 0 Å². The first kappa shape index (κ1) is 13.3. The molecule has 1 aromatic carbocycles. The minimum atomic E-state index is -0.381. The molecule has 0 heterocycles. The van der Waals surface area contributed by atoms with Crippen molar-refractivity contribution in [2.75, 3.05) is 25.9 Å². The van der Waals surface area contributed by atoms with Crippen LogP contribution in [0.4, 0.5) is 5.69 Å². The monoisotopic (exact) mass is 234 g/mol. The van der Waals surface area contributed by atoms with Crippen LogP contribution in [0.25, 0.3) is 6.08 Å². The summed E-state index contributed by atoms with van der Waals surface area (Å²) in [6.45, 7) is 2.89. The number of likely N-dealkylation sites (N-methyl/N-ethyl adjacent to an activating group) is 1. The molecule has 0 aliphatic heterocycles. The van der Waals surface area contributed by atoms with E-state index in [9.17, 15) is 4.79 Å². The smallest absolute Gasteiger partial charge is 0.340 e. The molecule has 4 nitrogen and oxygen atoms in total. The maximum Gasteiger partial charge on any atom is 0.340 e. The largest absolute Gasteiger partial charge is 0.462 e. The molecule has 0 radical (unpaired) electrons. The fraction of sp³-hybridized carbons (Fsp3) is 0.308. The van der Waals surface area contributed by atoms with Crippen LogP contribution in [0.3, 0.4) is 0 Å². The van der Waals surface area contributed by atoms with Crippen molar-refractivity contribution in [3.63, 3.8) is 0 Å². The molecule has 0 aromatic heterocycles. The highest BCUT2D eigenvalue weighted by Crippen LogP contribution is 2.16. The van der Waals surface area contributed by atoms with Crippen molar-refractivity contribution in [1.82, 2.24) is 5.32 Å². The Morgan fingerprint density at radius 2 is 2.29 bits per heavy atom. The normalized spacial score (nSPS) is 10.7. The summed E-state index contributed by atoms with van der Waals surface area (Å²) in [6.07, 6.45) is 3.90. The van der Waals surface area contributed by atoms with Gasteiger partial charge in [-0.3, -0.25) is 0 Å². The molecule has 4 heteroatoms. The van der Waals surface area contributed by atoms with E-state index >= 15 is 0 Å². The summed E-state index contributed by atoms with van der Waals surface area (Å²) in [5.74, 6) is -0.381. The molecule has 3 N–H and O–H groups in total. The van der Waals surface area contributed by atoms with Gasteiger partial charge in [0.15, 0.2) is 0 Å². The maximum atomic E-state index is 11.6. The summed E-state index contributed by atoms with van der Waals surface area (Å²) >= 11 is 0. The number of esters is 1. The molecule has 0 atom stereocenters. The van der Waals surface area contributed by atoms with E-state index in [0.717, 1.165) is 12.1 Å². The number of hydrogen-bond acceptors (Lipinski definition) is 4. The Kier molecular flexibility index (Phi) is 5.23. The van der Waals surface area contributed by atoms with Crippen LogP contribution in [0.5, 0.6) is 0 Å². The number of nitrogens with two attached hydrogens (primary N) is 1. The van der Waals surface area contributed by atoms with Crippen LogP contribution < -0.4 is 11.1 Å². The summed E-state index contributed by atoms with van der Waals surface area (Å²) in [6, 6.07) is 5.31. The fourth-order valence-corrected chi connectivity index (χ4v) is 1.38. The lowest BCUT2D eigenvalue weighted by atomic mass is 10.1. The molecule has 0 aliphatic carbocycles. The molecule has 1 aromatic rings. The third-order valence-corrected chi connectivity index (χ3v) is 2.20. The number of nitrogens with one attached hydrogen (secondary N) is 1. The van der Waals surface area contributed by atoms with E-state index in [4.69, 9.17) is 10.5 Å². The Labute approximate surface area is 101 Å². The van der Waals surface area contributed by atoms with Gasteiger partial charge in [-0.25, -0.2) is 4.79 Å². The number of carbonyl (C=O) groups excluding carboxylic acids is 1. The minimum absolute atomic E-state index is 0.345. The number of ether oxygens (including phenoxy) is 1. The molecule has 0 saturated heterocycles. The lowest BCUT2D eigenvalue weighted by molar-refractivity contribution is 0.0527. The van der Waals surface area contributed by atoms with E-state index in [2.05, 4.69) is 5.32 Å². The molecule has 0 unspecified atom stereocenters. The van der Waals surface area contributed by atoms with Crippen molar-refractivity contribution in [3.05, 3.63) is 35.4 Å². The number of benzene rings is 1. The van der Waals surface area contributed by atoms with Crippen LogP contribution >= 0.6 is 0 Å². The van der Waals surface area contributed by atoms with Crippen molar-refractivity contribution >= 4 is 17.7 Å². The van der Waals surface area contributed by atoms with Gasteiger partial charge in [0, 0.05) is 12.2 Å². The van der Waals surface area contributed by atoms with Gasteiger partial charge in [-0.2, -0.15) is 0 Å². The van der Waals surface area contributed by atoms with Gasteiger partial charge in [-0.15, -0.1) is 0 Å². The van der Waals surface area contributed by atoms with Crippen molar-refractivity contribution in [3.8, 4) is 0 Å². The number of carbonyl (C=O) groups is 1. The second-order valence-corrected chi connectivity index (χ2v) is 3.53. The number of hydrogen-bond donors (Lipinski definition) is 2. The first-order valence-corrected chi connectivity index (χ1v) is 5.56. The van der Waals surface area contributed by atoms with E-state index in [0.29, 0.717) is 17.9 Å². The first-order valence-electron chi connectivity index (χ1n) is 5.56. The first-order chi connectivity index (χ1) is 8.19. The van der Waals surface area contributed by atoms with Crippen LogP contribution in [-0.2, 0) is 4.74 Å². The van der Waals surface area contributed by atoms with Crippen molar-refractivity contribution in [1.29, 1.82) is 0 Å². The lowest BCUT2D eigenvalue weighted by Crippen LogP contribution is -2.08. The zero-order valence-electron chi connectivity index (χ0n) is 10.2. The highest BCUT2D eigenvalue weighted by molar-refractivity contribution is 5.95. The van der Waals surface area contributed by atoms with Crippen LogP contribution in [0.1, 0.15) is 22.8 Å². The molecule has 0 bridgehead atoms. The van der Waals surface area contributed by atoms with E-state index in [-0.39, 0.29) is 5.97 Å². The Morgan fingerprint density at radius 1 is 1.53 bits per heavy atom. The maximum absolute atomic E-state index is 11.6. The molecule has 1 rings (SSSR count). The zero-order chi connectivity index (χ0) is 12.7. The summed E-state index contributed by atoms with van der Waals surface area (Å²) < 4.78 is 4.93. The Morgan fingerprint density at radius 3 is 2.94 bits per heavy atom. The average molecular weight is 234 g/mol. The van der Waals surface area contributed by atoms with Crippen molar-refractivity contribution in [2.24, 2.45) is 0 Å². The third kappa shape index (κ3) is 3.92. The predicted octanol–water partition coefficient (Wildman–Crippen LogP) is 1.68. The van der Waals surface area contributed by atoms with Crippen molar-refractivity contribution in [2.45, 2.75) is 6.92 Å². The molecular formula is C13H18N2O2. The summed E-state index contributed by atoms with van der Waals surface area (Å²) in [4.78, 5) is 11.6. The topological polar surface area (TPSA) is 64.3 Å². The second-order valence-electron chi connectivity index (χ2n) is 3.53. The third-order valence-electron chi connectivity index (χ3n) is 2.20. The molecular weight excluding hydrogens is 216 g/mol. The number of rotatable bonds is 5. The van der Waals surface area contributed by atoms with Crippen LogP contribution in [0, 0.1) is 0 Å². The Bertz CT molecular complexity index is 414. The number of nitrogen functional groups attached to an aromatic ring is 1. The highest BCUT2D eigenvalue weighted by Gasteiger charge is 2.10. The SMILES string of the molecule is CCOC(=O)c1cc(C=CCNC)ccc1N. The van der Waals surface area contributed by atoms with Crippen LogP contribution in [-0.4, -0.2) is 26.2 Å². The quantitative estimate of drug-likeness (QED) is 0.601. The van der Waals surface area contributed by atoms with Crippen molar-refractivity contribution < 1.29 is 9.53 Å². The highest BCUT2D eigenvalue weighted by atomic mass is 16.5. The molecule has 0 amide bonds. The van der Waals surface area contributed by atoms with E-state index in [1.165, 1.54) is 0 Å². The van der Waals surface area contributed by atoms with E-state index in [1.807, 2.05) is 25.3 Å². The number of anilines is 1. The van der Waals surface area contributed by atoms with E-state index in [1.54, 1.807) is 19.1 Å². The molecule has 0 fully saturated rings. The standard InChI is InChI=1S/C13H18N2O2/c1-3-17-13(16)11-9-10(5-4-8-15-2)6-7-12(11)14/h4-7,9,15H,3,8,14H2,1-2H3. The molecule has 0 spiro atoms. The van der Waals surface area contributed by atoms with Gasteiger partial charge in [0.2, 0.25) is 0 Å². The molecule has 17 heavy (non-hydrogen) atoms. The minimum Gasteiger partial charge on any atom is -0.462 e. The second kappa shape index (κ2) is 6.70. The van der Waals surface area contributed by atoms with Gasteiger partial charge < -0.3 is 15.8 Å². The van der Waals surface area contributed by atoms with Gasteiger partial charge in [-0.05, 0) is 31.7 Å². The van der Waals surface area contributed by atoms with Gasteiger partial charge in [0.25, 0.3) is 0 Å². The zero-order valence-corrected chi connectivity index (χ0v) is 10.2. The van der Waals surface area contributed by atoms with Gasteiger partial charge in [0.05, 0.1) is 12.2 Å². The average Bonchev–Trinajstić information content (AvgIpc) is 2.32. The fourth-order valence-electron chi connectivity index (χ4n) is 1.38. The van der Waals surface area contributed by atoms with Gasteiger partial charge in [0.1, 0.15) is 0 Å². The lowest BCUT2D eigenvalue weighted by Gasteiger charge is -2.06.